The third-order valence-corrected chi connectivity index (χ3v) is 4.16. The van der Waals surface area contributed by atoms with Gasteiger partial charge in [-0.2, -0.15) is 5.26 Å². The zero-order valence-electron chi connectivity index (χ0n) is 10.3. The van der Waals surface area contributed by atoms with Crippen LogP contribution in [-0.4, -0.2) is 13.2 Å². The van der Waals surface area contributed by atoms with Crippen molar-refractivity contribution in [3.8, 4) is 11.8 Å². The van der Waals surface area contributed by atoms with Crippen LogP contribution >= 0.6 is 15.9 Å². The maximum absolute atomic E-state index is 8.76. The first kappa shape index (κ1) is 13.4. The molecule has 0 aliphatic heterocycles. The van der Waals surface area contributed by atoms with Crippen molar-refractivity contribution in [2.75, 3.05) is 13.2 Å². The molecule has 0 unspecified atom stereocenters. The zero-order chi connectivity index (χ0) is 13.0. The normalized spacial score (nSPS) is 16.1. The second-order valence-electron chi connectivity index (χ2n) is 4.92. The van der Waals surface area contributed by atoms with Crippen LogP contribution in [0.2, 0.25) is 0 Å². The van der Waals surface area contributed by atoms with E-state index in [0.717, 1.165) is 29.5 Å². The van der Waals surface area contributed by atoms with E-state index < -0.39 is 0 Å². The first-order valence-electron chi connectivity index (χ1n) is 6.17. The van der Waals surface area contributed by atoms with E-state index in [1.54, 1.807) is 0 Å². The number of halogens is 1. The monoisotopic (exact) mass is 308 g/mol. The summed E-state index contributed by atoms with van der Waals surface area (Å²) < 4.78 is 6.88. The highest BCUT2D eigenvalue weighted by Gasteiger charge is 2.43. The molecule has 4 heteroatoms. The van der Waals surface area contributed by atoms with Gasteiger partial charge in [0.2, 0.25) is 0 Å². The summed E-state index contributed by atoms with van der Waals surface area (Å²) in [7, 11) is 0. The molecule has 0 radical (unpaired) electrons. The number of rotatable bonds is 6. The smallest absolute Gasteiger partial charge is 0.119 e. The van der Waals surface area contributed by atoms with Gasteiger partial charge in [0, 0.05) is 16.3 Å². The molecule has 0 heterocycles. The van der Waals surface area contributed by atoms with Gasteiger partial charge >= 0.3 is 0 Å². The maximum atomic E-state index is 8.76. The number of nitrogens with zero attached hydrogens (tertiary/aromatic N) is 1. The first-order chi connectivity index (χ1) is 8.69. The quantitative estimate of drug-likeness (QED) is 0.878. The predicted molar refractivity (Wildman–Crippen MR) is 74.3 cm³/mol. The van der Waals surface area contributed by atoms with Gasteiger partial charge in [0.1, 0.15) is 5.75 Å². The molecule has 0 bridgehead atoms. The van der Waals surface area contributed by atoms with Crippen molar-refractivity contribution in [3.05, 3.63) is 28.2 Å². The van der Waals surface area contributed by atoms with Gasteiger partial charge in [-0.15, -0.1) is 0 Å². The molecule has 96 valence electrons. The minimum Gasteiger partial charge on any atom is -0.493 e. The minimum atomic E-state index is 0.121. The fourth-order valence-corrected chi connectivity index (χ4v) is 2.39. The van der Waals surface area contributed by atoms with Crippen LogP contribution in [0.25, 0.3) is 0 Å². The van der Waals surface area contributed by atoms with Gasteiger partial charge in [-0.1, -0.05) is 15.9 Å². The lowest BCUT2D eigenvalue weighted by atomic mass is 10.1. The van der Waals surface area contributed by atoms with Crippen LogP contribution in [-0.2, 0) is 6.42 Å². The van der Waals surface area contributed by atoms with Crippen LogP contribution in [0.1, 0.15) is 24.8 Å². The molecule has 0 amide bonds. The summed E-state index contributed by atoms with van der Waals surface area (Å²) in [5.41, 5.74) is 6.86. The van der Waals surface area contributed by atoms with Gasteiger partial charge < -0.3 is 10.5 Å². The van der Waals surface area contributed by atoms with Crippen molar-refractivity contribution in [2.24, 2.45) is 11.1 Å². The van der Waals surface area contributed by atoms with Crippen molar-refractivity contribution in [1.82, 2.24) is 0 Å². The van der Waals surface area contributed by atoms with E-state index in [9.17, 15) is 0 Å². The van der Waals surface area contributed by atoms with Crippen molar-refractivity contribution in [2.45, 2.75) is 25.7 Å². The Balaban J connectivity index is 1.97. The molecular weight excluding hydrogens is 292 g/mol. The maximum Gasteiger partial charge on any atom is 0.119 e. The number of nitriles is 1. The molecule has 0 saturated heterocycles. The summed E-state index contributed by atoms with van der Waals surface area (Å²) >= 11 is 3.51. The summed E-state index contributed by atoms with van der Waals surface area (Å²) in [6.45, 7) is 1.27. The van der Waals surface area contributed by atoms with Crippen LogP contribution in [0.4, 0.5) is 0 Å². The Morgan fingerprint density at radius 2 is 2.22 bits per heavy atom. The molecule has 1 aliphatic carbocycles. The van der Waals surface area contributed by atoms with Crippen LogP contribution in [0, 0.1) is 16.7 Å². The second-order valence-corrected chi connectivity index (χ2v) is 5.77. The third-order valence-electron chi connectivity index (χ3n) is 3.39. The number of nitrogens with two attached hydrogens (primary N) is 1. The van der Waals surface area contributed by atoms with Gasteiger partial charge in [0.15, 0.2) is 0 Å². The van der Waals surface area contributed by atoms with Gasteiger partial charge in [-0.25, -0.2) is 0 Å². The number of ether oxygens (including phenoxy) is 1. The van der Waals surface area contributed by atoms with Gasteiger partial charge in [-0.05, 0) is 49.6 Å². The Morgan fingerprint density at radius 3 is 2.83 bits per heavy atom. The van der Waals surface area contributed by atoms with Crippen molar-refractivity contribution >= 4 is 15.9 Å². The minimum absolute atomic E-state index is 0.121. The first-order valence-corrected chi connectivity index (χ1v) is 6.97. The van der Waals surface area contributed by atoms with Crippen LogP contribution in [0.15, 0.2) is 22.7 Å². The van der Waals surface area contributed by atoms with Gasteiger partial charge in [0.05, 0.1) is 12.7 Å². The fraction of sp³-hybridized carbons (Fsp3) is 0.500. The summed E-state index contributed by atoms with van der Waals surface area (Å²) in [6.07, 6.45) is 3.64. The predicted octanol–water partition coefficient (Wildman–Crippen LogP) is 3.02. The molecule has 1 fully saturated rings. The molecule has 3 nitrogen and oxygen atoms in total. The lowest BCUT2D eigenvalue weighted by molar-refractivity contribution is 0.236. The molecule has 1 aromatic rings. The highest BCUT2D eigenvalue weighted by atomic mass is 79.9. The Labute approximate surface area is 116 Å². The number of hydrogen-bond donors (Lipinski definition) is 1. The van der Waals surface area contributed by atoms with E-state index in [0.29, 0.717) is 19.6 Å². The summed E-state index contributed by atoms with van der Waals surface area (Å²) in [5, 5.41) is 8.76. The van der Waals surface area contributed by atoms with Crippen molar-refractivity contribution in [1.29, 1.82) is 5.26 Å². The van der Waals surface area contributed by atoms with Crippen LogP contribution in [0.3, 0.4) is 0 Å². The molecule has 1 aliphatic rings. The van der Waals surface area contributed by atoms with E-state index in [1.165, 1.54) is 5.56 Å². The average molecular weight is 309 g/mol. The zero-order valence-corrected chi connectivity index (χ0v) is 11.9. The largest absolute Gasteiger partial charge is 0.493 e. The summed E-state index contributed by atoms with van der Waals surface area (Å²) in [6, 6.07) is 8.21. The summed E-state index contributed by atoms with van der Waals surface area (Å²) in [4.78, 5) is 0. The summed E-state index contributed by atoms with van der Waals surface area (Å²) in [5.74, 6) is 0.867. The lowest BCUT2D eigenvalue weighted by Gasteiger charge is -2.14. The standard InChI is InChI=1S/C14H17BrN2O/c15-13-2-1-12(9-11(13)3-7-16)18-10-14(4-5-14)6-8-17/h1-2,9H,3-7,10,16H2. The molecule has 0 atom stereocenters. The third kappa shape index (κ3) is 3.24. The molecule has 2 rings (SSSR count). The van der Waals surface area contributed by atoms with Gasteiger partial charge in [-0.3, -0.25) is 0 Å². The Kier molecular flexibility index (Phi) is 4.26. The SMILES string of the molecule is N#CCC1(COc2ccc(Br)c(CCN)c2)CC1. The second kappa shape index (κ2) is 5.73. The highest BCUT2D eigenvalue weighted by Crippen LogP contribution is 2.48. The molecule has 0 aromatic heterocycles. The van der Waals surface area contributed by atoms with Crippen LogP contribution in [0.5, 0.6) is 5.75 Å². The van der Waals surface area contributed by atoms with E-state index >= 15 is 0 Å². The van der Waals surface area contributed by atoms with E-state index in [1.807, 2.05) is 18.2 Å². The highest BCUT2D eigenvalue weighted by molar-refractivity contribution is 9.10. The number of benzene rings is 1. The topological polar surface area (TPSA) is 59.0 Å². The molecule has 18 heavy (non-hydrogen) atoms. The van der Waals surface area contributed by atoms with Crippen LogP contribution < -0.4 is 10.5 Å². The molecule has 0 spiro atoms. The Bertz CT molecular complexity index is 463. The molecular formula is C14H17BrN2O. The van der Waals surface area contributed by atoms with Crippen molar-refractivity contribution < 1.29 is 4.74 Å². The average Bonchev–Trinajstić information content (AvgIpc) is 3.11. The van der Waals surface area contributed by atoms with Gasteiger partial charge in [0.25, 0.3) is 0 Å². The molecule has 1 aromatic carbocycles. The number of hydrogen-bond acceptors (Lipinski definition) is 3. The Hall–Kier alpha value is -1.05. The van der Waals surface area contributed by atoms with E-state index in [-0.39, 0.29) is 5.41 Å². The molecule has 1 saturated carbocycles. The lowest BCUT2D eigenvalue weighted by Crippen LogP contribution is -2.12. The Morgan fingerprint density at radius 1 is 1.44 bits per heavy atom. The molecule has 2 N–H and O–H groups in total. The van der Waals surface area contributed by atoms with Crippen molar-refractivity contribution in [3.63, 3.8) is 0 Å². The van der Waals surface area contributed by atoms with E-state index in [4.69, 9.17) is 15.7 Å². The fourth-order valence-electron chi connectivity index (χ4n) is 1.94. The van der Waals surface area contributed by atoms with E-state index in [2.05, 4.69) is 22.0 Å².